The molecule has 2 atom stereocenters. The highest BCUT2D eigenvalue weighted by molar-refractivity contribution is 14.1. The molecule has 0 fully saturated rings. The van der Waals surface area contributed by atoms with E-state index in [0.717, 1.165) is 9.13 Å². The maximum Gasteiger partial charge on any atom is 0.344 e. The van der Waals surface area contributed by atoms with Crippen LogP contribution in [0.3, 0.4) is 0 Å². The molecule has 0 spiro atoms. The van der Waals surface area contributed by atoms with E-state index in [1.807, 2.05) is 0 Å². The Morgan fingerprint density at radius 1 is 1.10 bits per heavy atom. The van der Waals surface area contributed by atoms with Crippen LogP contribution in [0.15, 0.2) is 52.8 Å². The molecule has 3 rings (SSSR count). The second-order valence-corrected chi connectivity index (χ2v) is 9.86. The van der Waals surface area contributed by atoms with Gasteiger partial charge in [0.2, 0.25) is 0 Å². The molecule has 1 aliphatic rings. The zero-order valence-corrected chi connectivity index (χ0v) is 25.7. The number of carbonyl (C=O) groups is 3. The number of halogens is 1. The number of hydrazone groups is 1. The van der Waals surface area contributed by atoms with Gasteiger partial charge in [-0.1, -0.05) is 6.07 Å². The molecule has 2 aromatic carbocycles. The molecule has 42 heavy (non-hydrogen) atoms. The van der Waals surface area contributed by atoms with Crippen LogP contribution in [0.2, 0.25) is 0 Å². The third-order valence-corrected chi connectivity index (χ3v) is 6.56. The SMILES string of the molecule is CCOC(=O)COc1ccc(/C=N\N[C@@H](O)COc2ccc([C@@H]3NC(=O)NC(C)=C3C(=O)OC)cc2OCC)cc1I. The van der Waals surface area contributed by atoms with Crippen LogP contribution in [-0.2, 0) is 19.1 Å². The van der Waals surface area contributed by atoms with Crippen LogP contribution in [0.1, 0.15) is 37.9 Å². The Labute approximate surface area is 256 Å². The number of carbonyl (C=O) groups excluding carboxylic acids is 3. The molecule has 0 unspecified atom stereocenters. The van der Waals surface area contributed by atoms with Crippen LogP contribution < -0.4 is 30.3 Å². The number of nitrogens with zero attached hydrogens (tertiary/aromatic N) is 1. The highest BCUT2D eigenvalue weighted by Crippen LogP contribution is 2.35. The van der Waals surface area contributed by atoms with Crippen LogP contribution in [0.4, 0.5) is 4.79 Å². The minimum atomic E-state index is -1.15. The van der Waals surface area contributed by atoms with Gasteiger partial charge >= 0.3 is 18.0 Å². The van der Waals surface area contributed by atoms with Crippen molar-refractivity contribution in [1.29, 1.82) is 0 Å². The quantitative estimate of drug-likeness (QED) is 0.0759. The van der Waals surface area contributed by atoms with E-state index < -0.39 is 30.2 Å². The number of allylic oxidation sites excluding steroid dienone is 1. The number of esters is 2. The van der Waals surface area contributed by atoms with E-state index in [1.165, 1.54) is 13.3 Å². The number of rotatable bonds is 14. The number of nitrogens with one attached hydrogen (secondary N) is 3. The van der Waals surface area contributed by atoms with E-state index in [-0.39, 0.29) is 25.4 Å². The Balaban J connectivity index is 1.61. The summed E-state index contributed by atoms with van der Waals surface area (Å²) in [7, 11) is 1.27. The van der Waals surface area contributed by atoms with Crippen LogP contribution in [-0.4, -0.2) is 69.1 Å². The van der Waals surface area contributed by atoms with Gasteiger partial charge in [0.05, 0.1) is 41.7 Å². The van der Waals surface area contributed by atoms with E-state index >= 15 is 0 Å². The van der Waals surface area contributed by atoms with Gasteiger partial charge in [-0.05, 0) is 84.8 Å². The third-order valence-electron chi connectivity index (χ3n) is 5.72. The highest BCUT2D eigenvalue weighted by Gasteiger charge is 2.32. The Bertz CT molecular complexity index is 1350. The normalized spacial score (nSPS) is 15.4. The lowest BCUT2D eigenvalue weighted by molar-refractivity contribution is -0.145. The van der Waals surface area contributed by atoms with E-state index in [1.54, 1.807) is 57.2 Å². The van der Waals surface area contributed by atoms with Crippen LogP contribution in [0, 0.1) is 3.57 Å². The first kappa shape index (κ1) is 32.5. The number of hydrogen-bond donors (Lipinski definition) is 4. The molecular formula is C28H33IN4O9. The summed E-state index contributed by atoms with van der Waals surface area (Å²) in [5, 5.41) is 19.7. The zero-order chi connectivity index (χ0) is 30.6. The van der Waals surface area contributed by atoms with Gasteiger partial charge in [-0.3, -0.25) is 5.43 Å². The number of benzene rings is 2. The summed E-state index contributed by atoms with van der Waals surface area (Å²) in [4.78, 5) is 36.0. The average Bonchev–Trinajstić information content (AvgIpc) is 2.95. The van der Waals surface area contributed by atoms with Gasteiger partial charge in [0.1, 0.15) is 12.4 Å². The maximum absolute atomic E-state index is 12.4. The van der Waals surface area contributed by atoms with Crippen molar-refractivity contribution in [2.75, 3.05) is 33.5 Å². The smallest absolute Gasteiger partial charge is 0.344 e. The topological polar surface area (TPSA) is 166 Å². The van der Waals surface area contributed by atoms with Crippen molar-refractivity contribution in [1.82, 2.24) is 16.1 Å². The van der Waals surface area contributed by atoms with Crippen molar-refractivity contribution in [3.05, 3.63) is 62.4 Å². The predicted molar refractivity (Wildman–Crippen MR) is 160 cm³/mol. The molecular weight excluding hydrogens is 663 g/mol. The van der Waals surface area contributed by atoms with Gasteiger partial charge in [0, 0.05) is 5.70 Å². The van der Waals surface area contributed by atoms with E-state index in [4.69, 9.17) is 23.7 Å². The minimum Gasteiger partial charge on any atom is -0.490 e. The molecule has 0 aliphatic carbocycles. The molecule has 14 heteroatoms. The van der Waals surface area contributed by atoms with Gasteiger partial charge in [-0.25, -0.2) is 14.4 Å². The lowest BCUT2D eigenvalue weighted by Crippen LogP contribution is -2.45. The second-order valence-electron chi connectivity index (χ2n) is 8.70. The maximum atomic E-state index is 12.4. The number of aliphatic hydroxyl groups excluding tert-OH is 1. The van der Waals surface area contributed by atoms with Crippen molar-refractivity contribution in [2.45, 2.75) is 33.0 Å². The van der Waals surface area contributed by atoms with Crippen LogP contribution in [0.25, 0.3) is 0 Å². The summed E-state index contributed by atoms with van der Waals surface area (Å²) in [5.74, 6) is 0.220. The molecule has 13 nitrogen and oxygen atoms in total. The summed E-state index contributed by atoms with van der Waals surface area (Å²) in [6.07, 6.45) is 0.365. The summed E-state index contributed by atoms with van der Waals surface area (Å²) in [6.45, 7) is 5.42. The van der Waals surface area contributed by atoms with Crippen molar-refractivity contribution < 1.29 is 43.2 Å². The first-order valence-electron chi connectivity index (χ1n) is 13.0. The molecule has 0 radical (unpaired) electrons. The van der Waals surface area contributed by atoms with Gasteiger partial charge < -0.3 is 39.4 Å². The molecule has 2 aromatic rings. The molecule has 1 aliphatic heterocycles. The number of ether oxygens (including phenoxy) is 5. The summed E-state index contributed by atoms with van der Waals surface area (Å²) in [6, 6.07) is 9.02. The third kappa shape index (κ3) is 8.97. The van der Waals surface area contributed by atoms with Crippen molar-refractivity contribution >= 4 is 46.8 Å². The number of hydrogen-bond acceptors (Lipinski definition) is 11. The number of methoxy groups -OCH3 is 1. The zero-order valence-electron chi connectivity index (χ0n) is 23.6. The molecule has 4 N–H and O–H groups in total. The van der Waals surface area contributed by atoms with E-state index in [2.05, 4.69) is 43.8 Å². The minimum absolute atomic E-state index is 0.161. The lowest BCUT2D eigenvalue weighted by atomic mass is 9.95. The van der Waals surface area contributed by atoms with Gasteiger partial charge in [0.15, 0.2) is 24.3 Å². The summed E-state index contributed by atoms with van der Waals surface area (Å²) < 4.78 is 27.5. The fourth-order valence-electron chi connectivity index (χ4n) is 3.87. The number of urea groups is 1. The largest absolute Gasteiger partial charge is 0.490 e. The Hall–Kier alpha value is -4.05. The molecule has 0 saturated heterocycles. The number of aliphatic hydroxyl groups is 1. The van der Waals surface area contributed by atoms with Crippen molar-refractivity contribution in [2.24, 2.45) is 5.10 Å². The van der Waals surface area contributed by atoms with Crippen molar-refractivity contribution in [3.63, 3.8) is 0 Å². The van der Waals surface area contributed by atoms with Gasteiger partial charge in [-0.15, -0.1) is 0 Å². The van der Waals surface area contributed by atoms with Crippen molar-refractivity contribution in [3.8, 4) is 17.2 Å². The lowest BCUT2D eigenvalue weighted by Gasteiger charge is -2.28. The second kappa shape index (κ2) is 15.8. The van der Waals surface area contributed by atoms with Gasteiger partial charge in [-0.2, -0.15) is 5.10 Å². The molecule has 0 aromatic heterocycles. The molecule has 0 saturated carbocycles. The Morgan fingerprint density at radius 3 is 2.55 bits per heavy atom. The fraction of sp³-hybridized carbons (Fsp3) is 0.357. The van der Waals surface area contributed by atoms with E-state index in [9.17, 15) is 19.5 Å². The fourth-order valence-corrected chi connectivity index (χ4v) is 4.57. The predicted octanol–water partition coefficient (Wildman–Crippen LogP) is 2.75. The summed E-state index contributed by atoms with van der Waals surface area (Å²) >= 11 is 2.08. The first-order chi connectivity index (χ1) is 20.2. The first-order valence-corrected chi connectivity index (χ1v) is 14.0. The molecule has 0 bridgehead atoms. The average molecular weight is 696 g/mol. The Kier molecular flexibility index (Phi) is 12.2. The monoisotopic (exact) mass is 696 g/mol. The molecule has 226 valence electrons. The van der Waals surface area contributed by atoms with E-state index in [0.29, 0.717) is 35.1 Å². The Morgan fingerprint density at radius 2 is 1.86 bits per heavy atom. The van der Waals surface area contributed by atoms with Crippen LogP contribution in [0.5, 0.6) is 17.2 Å². The number of amides is 2. The highest BCUT2D eigenvalue weighted by atomic mass is 127. The summed E-state index contributed by atoms with van der Waals surface area (Å²) in [5.41, 5.74) is 4.55. The standard InChI is InChI=1S/C28H33IN4O9/c1-5-39-22-12-18(26-25(27(36)38-4)16(3)31-28(37)32-26)8-10-21(22)41-14-23(34)33-30-13-17-7-9-20(19(29)11-17)42-15-24(35)40-6-2/h7-13,23,26,33-34H,5-6,14-15H2,1-4H3,(H2,31,32,37)/b30-13-/t23-,26-/m0/s1. The molecule has 2 amide bonds. The van der Waals surface area contributed by atoms with Gasteiger partial charge in [0.25, 0.3) is 0 Å². The van der Waals surface area contributed by atoms with Crippen LogP contribution >= 0.6 is 22.6 Å². The molecule has 1 heterocycles.